The van der Waals surface area contributed by atoms with Gasteiger partial charge in [0.1, 0.15) is 0 Å². The van der Waals surface area contributed by atoms with Crippen LogP contribution in [0.15, 0.2) is 242 Å². The molecule has 0 saturated carbocycles. The van der Waals surface area contributed by atoms with E-state index in [-0.39, 0.29) is 73.1 Å². The van der Waals surface area contributed by atoms with E-state index in [1.165, 1.54) is 44.5 Å². The van der Waals surface area contributed by atoms with Gasteiger partial charge in [0.2, 0.25) is 0 Å². The van der Waals surface area contributed by atoms with Gasteiger partial charge in [-0.2, -0.15) is 0 Å². The minimum Gasteiger partial charge on any atom is -0.310 e. The molecule has 3 heterocycles. The highest BCUT2D eigenvalue weighted by Crippen LogP contribution is 2.55. The molecular formula is C98H100BN3. The first-order chi connectivity index (χ1) is 51.5. The average molecular weight is 1340 g/mol. The summed E-state index contributed by atoms with van der Waals surface area (Å²) in [6, 6.07) is 69.6. The van der Waals surface area contributed by atoms with Gasteiger partial charge in [0.05, 0.1) is 33.4 Å². The van der Waals surface area contributed by atoms with E-state index in [0.717, 1.165) is 106 Å². The van der Waals surface area contributed by atoms with Gasteiger partial charge in [-0.1, -0.05) is 325 Å². The smallest absolute Gasteiger partial charge is 0.252 e. The molecule has 0 atom stereocenters. The van der Waals surface area contributed by atoms with Crippen molar-refractivity contribution in [3.05, 3.63) is 287 Å². The van der Waals surface area contributed by atoms with Crippen molar-refractivity contribution in [3.8, 4) is 61.3 Å². The second-order valence-corrected chi connectivity index (χ2v) is 35.0. The van der Waals surface area contributed by atoms with E-state index in [1.54, 1.807) is 4.57 Å². The van der Waals surface area contributed by atoms with Crippen LogP contribution in [0.1, 0.15) is 180 Å². The Balaban J connectivity index is 1.15. The number of aromatic nitrogens is 1. The van der Waals surface area contributed by atoms with Gasteiger partial charge < -0.3 is 14.4 Å². The largest absolute Gasteiger partial charge is 0.310 e. The highest BCUT2D eigenvalue weighted by atomic mass is 15.2. The third-order valence-corrected chi connectivity index (χ3v) is 21.7. The normalized spacial score (nSPS) is 14.5. The molecule has 102 heavy (non-hydrogen) atoms. The molecule has 0 saturated heterocycles. The van der Waals surface area contributed by atoms with Crippen LogP contribution in [-0.2, 0) is 32.5 Å². The lowest BCUT2D eigenvalue weighted by atomic mass is 9.33. The highest BCUT2D eigenvalue weighted by Gasteiger charge is 2.46. The third-order valence-electron chi connectivity index (χ3n) is 21.7. The highest BCUT2D eigenvalue weighted by molar-refractivity contribution is 7.00. The van der Waals surface area contributed by atoms with E-state index >= 15 is 0 Å². The van der Waals surface area contributed by atoms with Gasteiger partial charge >= 0.3 is 0 Å². The summed E-state index contributed by atoms with van der Waals surface area (Å²) in [5, 5.41) is 0.0426. The molecule has 13 aromatic rings. The van der Waals surface area contributed by atoms with E-state index in [0.29, 0.717) is 5.69 Å². The number of hydrogen-bond donors (Lipinski definition) is 0. The van der Waals surface area contributed by atoms with Gasteiger partial charge in [0, 0.05) is 61.5 Å². The number of anilines is 6. The summed E-state index contributed by atoms with van der Waals surface area (Å²) in [6.07, 6.45) is 0. The second-order valence-electron chi connectivity index (χ2n) is 35.0. The number of nitrogens with zero attached hydrogens (tertiary/aromatic N) is 3. The molecule has 4 heteroatoms. The second kappa shape index (κ2) is 24.4. The Bertz CT molecular complexity index is 5690. The van der Waals surface area contributed by atoms with Crippen LogP contribution in [0.2, 0.25) is 0 Å². The van der Waals surface area contributed by atoms with Gasteiger partial charge in [0.15, 0.2) is 0 Å². The Kier molecular flexibility index (Phi) is 14.0. The Morgan fingerprint density at radius 1 is 0.304 bits per heavy atom. The molecule has 510 valence electrons. The van der Waals surface area contributed by atoms with Crippen molar-refractivity contribution in [3.63, 3.8) is 0 Å². The molecule has 0 amide bonds. The van der Waals surface area contributed by atoms with Crippen molar-refractivity contribution >= 4 is 79.0 Å². The van der Waals surface area contributed by atoms with Crippen LogP contribution in [0.3, 0.4) is 0 Å². The molecular weight excluding hydrogens is 1230 g/mol. The first kappa shape index (κ1) is 58.7. The number of fused-ring (bicyclic) bond motifs is 7. The van der Waals surface area contributed by atoms with Crippen LogP contribution in [-0.4, -0.2) is 11.3 Å². The zero-order valence-electron chi connectivity index (χ0n) is 71.4. The minimum absolute atomic E-state index is 0.0213. The molecule has 3 nitrogen and oxygen atoms in total. The maximum Gasteiger partial charge on any atom is 0.252 e. The Morgan fingerprint density at radius 2 is 0.618 bits per heavy atom. The molecule has 0 radical (unpaired) electrons. The van der Waals surface area contributed by atoms with Gasteiger partial charge in [0.25, 0.3) is 6.71 Å². The predicted molar refractivity (Wildman–Crippen MR) is 444 cm³/mol. The maximum atomic E-state index is 9.86. The summed E-state index contributed by atoms with van der Waals surface area (Å²) in [4.78, 5) is 5.10. The van der Waals surface area contributed by atoms with Crippen LogP contribution >= 0.6 is 0 Å². The Hall–Kier alpha value is -9.90. The fraction of sp³-hybridized carbons (Fsp3) is 0.265. The quantitative estimate of drug-likeness (QED) is 0.141. The van der Waals surface area contributed by atoms with Gasteiger partial charge in [-0.25, -0.2) is 0 Å². The standard InChI is InChI=1S/C98H100BN3/c1-61-55-72(97(15,16)17)56-62(2)89(61)67-43-53-81-85(57-67)101(91-75(63-35-44-68(45-36-63)93(3,4)5)29-25-30-76(91)64-37-46-69(47-38-64)94(6,7)8)87-58-73(98(18,19)20)59-88-90(87)99(81)82-54-52-74(100-83-33-23-21-27-79(83)80-28-22-24-34-84(80)100)60-86(82)102(88)92-77(65-39-48-70(49-40-65)95(9,10)11)31-26-32-78(92)66-41-50-71(51-42-66)96(12,13)14/h21-60H,1-20H3/i21D,22D,23D,24D,27D,28D,33D,34D. The molecule has 0 aliphatic carbocycles. The summed E-state index contributed by atoms with van der Waals surface area (Å²) in [6.45, 7) is 44.9. The van der Waals surface area contributed by atoms with Gasteiger partial charge in [-0.05, 0) is 183 Å². The monoisotopic (exact) mass is 1340 g/mol. The molecule has 1 aromatic heterocycles. The third kappa shape index (κ3) is 11.8. The summed E-state index contributed by atoms with van der Waals surface area (Å²) in [5.41, 5.74) is 28.5. The van der Waals surface area contributed by atoms with Crippen molar-refractivity contribution in [1.29, 1.82) is 0 Å². The summed E-state index contributed by atoms with van der Waals surface area (Å²) in [7, 11) is 0. The summed E-state index contributed by atoms with van der Waals surface area (Å²) >= 11 is 0. The Morgan fingerprint density at radius 3 is 0.971 bits per heavy atom. The predicted octanol–water partition coefficient (Wildman–Crippen LogP) is 25.6. The first-order valence-electron chi connectivity index (χ1n) is 40.4. The first-order valence-corrected chi connectivity index (χ1v) is 36.4. The van der Waals surface area contributed by atoms with Crippen LogP contribution in [0.5, 0.6) is 0 Å². The van der Waals surface area contributed by atoms with E-state index < -0.39 is 36.3 Å². The van der Waals surface area contributed by atoms with Crippen molar-refractivity contribution in [1.82, 2.24) is 4.57 Å². The van der Waals surface area contributed by atoms with Crippen molar-refractivity contribution in [2.24, 2.45) is 0 Å². The summed E-state index contributed by atoms with van der Waals surface area (Å²) in [5.74, 6) is 0. The van der Waals surface area contributed by atoms with E-state index in [4.69, 9.17) is 2.74 Å². The molecule has 15 rings (SSSR count). The number of rotatable bonds is 8. The van der Waals surface area contributed by atoms with Crippen LogP contribution in [0.25, 0.3) is 83.1 Å². The van der Waals surface area contributed by atoms with E-state index in [1.807, 2.05) is 6.07 Å². The zero-order chi connectivity index (χ0) is 79.0. The number of hydrogen-bond acceptors (Lipinski definition) is 2. The van der Waals surface area contributed by atoms with Crippen LogP contribution in [0, 0.1) is 13.8 Å². The number of para-hydroxylation sites is 4. The number of benzene rings is 12. The average Bonchev–Trinajstić information content (AvgIpc) is 0.978. The lowest BCUT2D eigenvalue weighted by Crippen LogP contribution is -2.61. The zero-order valence-corrected chi connectivity index (χ0v) is 63.4. The molecule has 0 N–H and O–H groups in total. The molecule has 2 aliphatic heterocycles. The topological polar surface area (TPSA) is 11.4 Å². The van der Waals surface area contributed by atoms with Gasteiger partial charge in [-0.3, -0.25) is 0 Å². The SMILES string of the molecule is [2H]c1c([2H])c([2H])c2c(c1[2H])c1c([2H])c([2H])c([2H])c([2H])c1n2-c1ccc2c(c1)N(c1c(-c3ccc(C(C)(C)C)cc3)cccc1-c1ccc(C(C)(C)C)cc1)c1cc(C(C)(C)C)cc3c1B2c1ccc(-c2c(C)cc(C(C)(C)C)cc2C)cc1N3c1c(-c2ccc(C(C)(C)C)cc2)cccc1-c1ccc(C(C)(C)C)cc1. The van der Waals surface area contributed by atoms with Crippen LogP contribution in [0.4, 0.5) is 34.1 Å². The van der Waals surface area contributed by atoms with E-state index in [2.05, 4.69) is 336 Å². The lowest BCUT2D eigenvalue weighted by Gasteiger charge is -2.46. The summed E-state index contributed by atoms with van der Waals surface area (Å²) < 4.78 is 77.4. The molecule has 12 aromatic carbocycles. The van der Waals surface area contributed by atoms with Crippen molar-refractivity contribution < 1.29 is 11.0 Å². The van der Waals surface area contributed by atoms with Crippen molar-refractivity contribution in [2.75, 3.05) is 9.80 Å². The fourth-order valence-corrected chi connectivity index (χ4v) is 15.8. The fourth-order valence-electron chi connectivity index (χ4n) is 15.8. The molecule has 0 bridgehead atoms. The minimum atomic E-state index is -0.491. The molecule has 0 fully saturated rings. The van der Waals surface area contributed by atoms with Crippen molar-refractivity contribution in [2.45, 2.75) is 171 Å². The van der Waals surface area contributed by atoms with Crippen LogP contribution < -0.4 is 26.2 Å². The van der Waals surface area contributed by atoms with Gasteiger partial charge in [-0.15, -0.1) is 0 Å². The Labute approximate surface area is 620 Å². The lowest BCUT2D eigenvalue weighted by molar-refractivity contribution is 0.589. The number of aryl methyl sites for hydroxylation is 2. The molecule has 0 unspecified atom stereocenters. The molecule has 2 aliphatic rings. The maximum absolute atomic E-state index is 9.86. The molecule has 0 spiro atoms. The van der Waals surface area contributed by atoms with E-state index in [9.17, 15) is 8.22 Å².